The second-order valence-electron chi connectivity index (χ2n) is 5.03. The highest BCUT2D eigenvalue weighted by molar-refractivity contribution is 7.89. The van der Waals surface area contributed by atoms with E-state index in [1.807, 2.05) is 0 Å². The fourth-order valence-corrected chi connectivity index (χ4v) is 2.48. The molecular weight excluding hydrogens is 350 g/mol. The van der Waals surface area contributed by atoms with Gasteiger partial charge in [-0.2, -0.15) is 0 Å². The van der Waals surface area contributed by atoms with Gasteiger partial charge in [-0.3, -0.25) is 14.3 Å². The number of aromatic nitrogens is 2. The number of nitrogens with zero attached hydrogens (tertiary/aromatic N) is 2. The normalized spacial score (nSPS) is 11.0. The van der Waals surface area contributed by atoms with Gasteiger partial charge in [0.05, 0.1) is 18.6 Å². The number of ether oxygens (including phenoxy) is 1. The first-order valence-corrected chi connectivity index (χ1v) is 8.54. The third-order valence-corrected chi connectivity index (χ3v) is 4.04. The van der Waals surface area contributed by atoms with Crippen molar-refractivity contribution in [1.29, 1.82) is 0 Å². The first-order chi connectivity index (χ1) is 11.7. The van der Waals surface area contributed by atoms with Crippen LogP contribution in [0.15, 0.2) is 35.4 Å². The van der Waals surface area contributed by atoms with Crippen molar-refractivity contribution in [3.05, 3.63) is 36.0 Å². The molecule has 0 unspecified atom stereocenters. The summed E-state index contributed by atoms with van der Waals surface area (Å²) in [5.74, 6) is -0.844. The van der Waals surface area contributed by atoms with Gasteiger partial charge >= 0.3 is 0 Å². The number of sulfonamides is 1. The van der Waals surface area contributed by atoms with E-state index in [0.717, 1.165) is 0 Å². The van der Waals surface area contributed by atoms with Gasteiger partial charge in [-0.1, -0.05) is 0 Å². The van der Waals surface area contributed by atoms with Crippen LogP contribution in [-0.2, 0) is 21.9 Å². The lowest BCUT2D eigenvalue weighted by molar-refractivity contribution is -0.115. The SMILES string of the molecule is COc1nn(C)cc1C(=O)NCC(=O)Nc1ccc(S(N)(=O)=O)cc1. The fraction of sp³-hybridized carbons (Fsp3) is 0.214. The molecule has 25 heavy (non-hydrogen) atoms. The summed E-state index contributed by atoms with van der Waals surface area (Å²) in [6.45, 7) is -0.284. The Morgan fingerprint density at radius 2 is 1.92 bits per heavy atom. The number of benzene rings is 1. The maximum atomic E-state index is 12.0. The van der Waals surface area contributed by atoms with E-state index >= 15 is 0 Å². The lowest BCUT2D eigenvalue weighted by atomic mass is 10.3. The number of carbonyl (C=O) groups is 2. The molecule has 0 fully saturated rings. The second-order valence-corrected chi connectivity index (χ2v) is 6.59. The number of primary sulfonamides is 1. The van der Waals surface area contributed by atoms with Crippen molar-refractivity contribution in [2.24, 2.45) is 12.2 Å². The number of amides is 2. The van der Waals surface area contributed by atoms with Gasteiger partial charge in [0.1, 0.15) is 5.56 Å². The van der Waals surface area contributed by atoms with Gasteiger partial charge in [0.15, 0.2) is 0 Å². The van der Waals surface area contributed by atoms with Gasteiger partial charge in [0, 0.05) is 18.9 Å². The molecule has 1 heterocycles. The maximum Gasteiger partial charge on any atom is 0.258 e. The molecule has 134 valence electrons. The van der Waals surface area contributed by atoms with Crippen molar-refractivity contribution in [2.45, 2.75) is 4.90 Å². The summed E-state index contributed by atoms with van der Waals surface area (Å²) in [5, 5.41) is 13.9. The van der Waals surface area contributed by atoms with Crippen LogP contribution in [0.5, 0.6) is 5.88 Å². The minimum Gasteiger partial charge on any atom is -0.479 e. The summed E-state index contributed by atoms with van der Waals surface area (Å²) < 4.78 is 28.7. The molecule has 2 rings (SSSR count). The van der Waals surface area contributed by atoms with E-state index in [0.29, 0.717) is 5.69 Å². The van der Waals surface area contributed by atoms with Crippen LogP contribution in [0.2, 0.25) is 0 Å². The standard InChI is InChI=1S/C14H17N5O5S/c1-19-8-11(14(18-19)24-2)13(21)16-7-12(20)17-9-3-5-10(6-4-9)25(15,22)23/h3-6,8H,7H2,1-2H3,(H,16,21)(H,17,20)(H2,15,22,23). The summed E-state index contributed by atoms with van der Waals surface area (Å²) >= 11 is 0. The lowest BCUT2D eigenvalue weighted by Gasteiger charge is -2.07. The van der Waals surface area contributed by atoms with Crippen LogP contribution in [0.3, 0.4) is 0 Å². The predicted molar refractivity (Wildman–Crippen MR) is 88.5 cm³/mol. The van der Waals surface area contributed by atoms with E-state index in [1.54, 1.807) is 7.05 Å². The van der Waals surface area contributed by atoms with Crippen LogP contribution in [-0.4, -0.2) is 43.7 Å². The molecule has 0 aliphatic rings. The van der Waals surface area contributed by atoms with E-state index in [1.165, 1.54) is 42.3 Å². The van der Waals surface area contributed by atoms with Gasteiger partial charge in [0.2, 0.25) is 21.8 Å². The Balaban J connectivity index is 1.93. The molecule has 0 bridgehead atoms. The zero-order valence-corrected chi connectivity index (χ0v) is 14.3. The van der Waals surface area contributed by atoms with E-state index in [9.17, 15) is 18.0 Å². The molecule has 0 spiro atoms. The zero-order valence-electron chi connectivity index (χ0n) is 13.5. The van der Waals surface area contributed by atoms with Gasteiger partial charge in [0.25, 0.3) is 5.91 Å². The van der Waals surface area contributed by atoms with Crippen LogP contribution >= 0.6 is 0 Å². The van der Waals surface area contributed by atoms with Crippen LogP contribution in [0.1, 0.15) is 10.4 Å². The molecule has 2 amide bonds. The third-order valence-electron chi connectivity index (χ3n) is 3.11. The number of hydrogen-bond acceptors (Lipinski definition) is 6. The zero-order chi connectivity index (χ0) is 18.6. The number of methoxy groups -OCH3 is 1. The molecule has 4 N–H and O–H groups in total. The largest absolute Gasteiger partial charge is 0.479 e. The topological polar surface area (TPSA) is 145 Å². The molecule has 0 radical (unpaired) electrons. The van der Waals surface area contributed by atoms with Gasteiger partial charge in [-0.15, -0.1) is 5.10 Å². The number of nitrogens with two attached hydrogens (primary N) is 1. The van der Waals surface area contributed by atoms with Crippen molar-refractivity contribution in [3.8, 4) is 5.88 Å². The monoisotopic (exact) mass is 367 g/mol. The molecule has 1 aromatic carbocycles. The highest BCUT2D eigenvalue weighted by Gasteiger charge is 2.17. The van der Waals surface area contributed by atoms with Gasteiger partial charge in [-0.05, 0) is 24.3 Å². The number of anilines is 1. The van der Waals surface area contributed by atoms with Gasteiger partial charge in [-0.25, -0.2) is 13.6 Å². The van der Waals surface area contributed by atoms with Crippen molar-refractivity contribution >= 4 is 27.5 Å². The summed E-state index contributed by atoms with van der Waals surface area (Å²) in [6.07, 6.45) is 1.47. The Labute approximate surface area is 144 Å². The van der Waals surface area contributed by atoms with Crippen molar-refractivity contribution in [2.75, 3.05) is 19.0 Å². The molecule has 0 aliphatic heterocycles. The highest BCUT2D eigenvalue weighted by Crippen LogP contribution is 2.14. The minimum atomic E-state index is -3.79. The highest BCUT2D eigenvalue weighted by atomic mass is 32.2. The summed E-state index contributed by atoms with van der Waals surface area (Å²) in [4.78, 5) is 23.8. The van der Waals surface area contributed by atoms with E-state index in [-0.39, 0.29) is 22.9 Å². The average Bonchev–Trinajstić information content (AvgIpc) is 2.93. The van der Waals surface area contributed by atoms with Crippen molar-refractivity contribution in [3.63, 3.8) is 0 Å². The Kier molecular flexibility index (Phi) is 5.39. The number of aryl methyl sites for hydroxylation is 1. The number of nitrogens with one attached hydrogen (secondary N) is 2. The minimum absolute atomic E-state index is 0.0672. The Bertz CT molecular complexity index is 889. The average molecular weight is 367 g/mol. The van der Waals surface area contributed by atoms with Crippen molar-refractivity contribution in [1.82, 2.24) is 15.1 Å². The summed E-state index contributed by atoms with van der Waals surface area (Å²) in [7, 11) is -0.772. The molecule has 0 saturated carbocycles. The van der Waals surface area contributed by atoms with E-state index in [2.05, 4.69) is 15.7 Å². The predicted octanol–water partition coefficient (Wildman–Crippen LogP) is -0.555. The van der Waals surface area contributed by atoms with Crippen molar-refractivity contribution < 1.29 is 22.7 Å². The first kappa shape index (κ1) is 18.4. The quantitative estimate of drug-likeness (QED) is 0.624. The number of rotatable bonds is 6. The number of hydrogen-bond donors (Lipinski definition) is 3. The maximum absolute atomic E-state index is 12.0. The first-order valence-electron chi connectivity index (χ1n) is 6.99. The molecule has 1 aromatic heterocycles. The molecular formula is C14H17N5O5S. The Morgan fingerprint density at radius 1 is 1.28 bits per heavy atom. The molecule has 11 heteroatoms. The molecule has 2 aromatic rings. The molecule has 0 aliphatic carbocycles. The van der Waals surface area contributed by atoms with Gasteiger partial charge < -0.3 is 15.4 Å². The molecule has 0 saturated heterocycles. The fourth-order valence-electron chi connectivity index (χ4n) is 1.96. The van der Waals surface area contributed by atoms with E-state index < -0.39 is 21.8 Å². The summed E-state index contributed by atoms with van der Waals surface area (Å²) in [5.41, 5.74) is 0.570. The second kappa shape index (κ2) is 7.32. The Morgan fingerprint density at radius 3 is 2.48 bits per heavy atom. The van der Waals surface area contributed by atoms with E-state index in [4.69, 9.17) is 9.88 Å². The van der Waals surface area contributed by atoms with Crippen LogP contribution < -0.4 is 20.5 Å². The third kappa shape index (κ3) is 4.78. The summed E-state index contributed by atoms with van der Waals surface area (Å²) in [6, 6.07) is 5.32. The van der Waals surface area contributed by atoms with Crippen LogP contribution in [0, 0.1) is 0 Å². The van der Waals surface area contributed by atoms with Crippen LogP contribution in [0.4, 0.5) is 5.69 Å². The van der Waals surface area contributed by atoms with Crippen LogP contribution in [0.25, 0.3) is 0 Å². The lowest BCUT2D eigenvalue weighted by Crippen LogP contribution is -2.32. The smallest absolute Gasteiger partial charge is 0.258 e. The molecule has 10 nitrogen and oxygen atoms in total. The Hall–Kier alpha value is -2.92. The number of carbonyl (C=O) groups excluding carboxylic acids is 2. The molecule has 0 atom stereocenters.